The smallest absolute Gasteiger partial charge is 0.238 e. The van der Waals surface area contributed by atoms with Gasteiger partial charge in [-0.15, -0.1) is 0 Å². The normalized spacial score (nSPS) is 54.8. The van der Waals surface area contributed by atoms with E-state index in [0.29, 0.717) is 11.8 Å². The number of carbonyl (C=O) groups excluding carboxylic acids is 2. The molecule has 4 bridgehead atoms. The fraction of sp³-hybridized carbons (Fsp3) is 0.545. The third-order valence-corrected chi connectivity index (χ3v) is 9.21. The number of para-hydroxylation sites is 1. The van der Waals surface area contributed by atoms with Crippen LogP contribution in [-0.4, -0.2) is 23.0 Å². The number of benzene rings is 1. The quantitative estimate of drug-likeness (QED) is 0.446. The second-order valence-electron chi connectivity index (χ2n) is 9.61. The first-order chi connectivity index (χ1) is 12.7. The lowest BCUT2D eigenvalue weighted by Gasteiger charge is -2.30. The van der Waals surface area contributed by atoms with Crippen molar-refractivity contribution in [2.24, 2.45) is 40.9 Å². The molecule has 4 heteroatoms. The number of hydrogen-bond acceptors (Lipinski definition) is 3. The Kier molecular flexibility index (Phi) is 1.76. The van der Waals surface area contributed by atoms with Gasteiger partial charge in [0.05, 0.1) is 17.5 Å². The molecule has 2 saturated heterocycles. The van der Waals surface area contributed by atoms with Gasteiger partial charge in [0, 0.05) is 23.7 Å². The number of epoxide rings is 1. The highest BCUT2D eigenvalue weighted by Crippen LogP contribution is 2.93. The molecule has 2 heterocycles. The minimum absolute atomic E-state index is 0.0372. The van der Waals surface area contributed by atoms with Crippen LogP contribution < -0.4 is 4.90 Å². The van der Waals surface area contributed by atoms with Crippen LogP contribution >= 0.6 is 0 Å². The Labute approximate surface area is 151 Å². The maximum atomic E-state index is 13.5. The second kappa shape index (κ2) is 3.45. The first kappa shape index (κ1) is 13.3. The van der Waals surface area contributed by atoms with Crippen molar-refractivity contribution in [3.05, 3.63) is 42.5 Å². The van der Waals surface area contributed by atoms with Gasteiger partial charge in [-0.2, -0.15) is 0 Å². The van der Waals surface area contributed by atoms with Crippen LogP contribution in [0.4, 0.5) is 5.69 Å². The molecule has 1 aromatic rings. The molecule has 8 atom stereocenters. The van der Waals surface area contributed by atoms with E-state index >= 15 is 0 Å². The highest BCUT2D eigenvalue weighted by atomic mass is 16.6. The van der Waals surface area contributed by atoms with Crippen molar-refractivity contribution >= 4 is 17.5 Å². The van der Waals surface area contributed by atoms with Crippen molar-refractivity contribution in [3.63, 3.8) is 0 Å². The van der Waals surface area contributed by atoms with Crippen molar-refractivity contribution in [1.29, 1.82) is 0 Å². The standard InChI is InChI=1S/C22H19NO3/c24-18-14-15(19(25)23(18)13-4-2-1-3-5-13)17-20(8-9-20)16(14)21-11-6-7-12(10-11)22(17,21)26-21/h1-7,11-12,14-17H,8-10H2. The van der Waals surface area contributed by atoms with Gasteiger partial charge in [-0.05, 0) is 36.8 Å². The van der Waals surface area contributed by atoms with Crippen molar-refractivity contribution in [2.75, 3.05) is 4.90 Å². The number of rotatable bonds is 1. The molecule has 2 aliphatic heterocycles. The molecule has 130 valence electrons. The minimum atomic E-state index is -0.154. The van der Waals surface area contributed by atoms with Gasteiger partial charge >= 0.3 is 0 Å². The van der Waals surface area contributed by atoms with Crippen molar-refractivity contribution in [2.45, 2.75) is 30.5 Å². The summed E-state index contributed by atoms with van der Waals surface area (Å²) in [7, 11) is 0. The van der Waals surface area contributed by atoms with Crippen LogP contribution in [-0.2, 0) is 14.3 Å². The zero-order valence-corrected chi connectivity index (χ0v) is 14.3. The van der Waals surface area contributed by atoms with Crippen molar-refractivity contribution in [3.8, 4) is 0 Å². The van der Waals surface area contributed by atoms with Gasteiger partial charge in [0.15, 0.2) is 0 Å². The summed E-state index contributed by atoms with van der Waals surface area (Å²) in [6, 6.07) is 9.49. The molecule has 4 nitrogen and oxygen atoms in total. The van der Waals surface area contributed by atoms with E-state index in [-0.39, 0.29) is 52.1 Å². The van der Waals surface area contributed by atoms with E-state index in [9.17, 15) is 9.59 Å². The summed E-state index contributed by atoms with van der Waals surface area (Å²) in [4.78, 5) is 28.5. The molecule has 0 radical (unpaired) electrons. The third kappa shape index (κ3) is 0.958. The topological polar surface area (TPSA) is 49.9 Å². The van der Waals surface area contributed by atoms with E-state index in [4.69, 9.17) is 4.74 Å². The van der Waals surface area contributed by atoms with Crippen LogP contribution in [0.5, 0.6) is 0 Å². The van der Waals surface area contributed by atoms with E-state index in [1.807, 2.05) is 30.3 Å². The lowest BCUT2D eigenvalue weighted by Crippen LogP contribution is -2.45. The lowest BCUT2D eigenvalue weighted by molar-refractivity contribution is -0.125. The molecule has 4 saturated carbocycles. The number of imide groups is 1. The molecular weight excluding hydrogens is 326 g/mol. The zero-order valence-electron chi connectivity index (χ0n) is 14.3. The van der Waals surface area contributed by atoms with Gasteiger partial charge in [0.2, 0.25) is 11.8 Å². The summed E-state index contributed by atoms with van der Waals surface area (Å²) in [5.74, 6) is 1.22. The Balaban J connectivity index is 1.33. The average molecular weight is 345 g/mol. The summed E-state index contributed by atoms with van der Waals surface area (Å²) in [5, 5.41) is 0. The summed E-state index contributed by atoms with van der Waals surface area (Å²) in [6.45, 7) is 0. The number of hydrogen-bond donors (Lipinski definition) is 0. The average Bonchev–Trinajstić information content (AvgIpc) is 3.37. The van der Waals surface area contributed by atoms with Crippen LogP contribution in [0, 0.1) is 40.9 Å². The van der Waals surface area contributed by atoms with E-state index < -0.39 is 0 Å². The SMILES string of the molecule is O=C1C2C(C(=O)N1c1ccccc1)C1C3(CC3)C2C23OC12C1C=CC3C1. The molecule has 1 aromatic carbocycles. The molecule has 7 aliphatic rings. The molecule has 0 aromatic heterocycles. The first-order valence-corrected chi connectivity index (χ1v) is 9.98. The van der Waals surface area contributed by atoms with E-state index in [2.05, 4.69) is 12.2 Å². The van der Waals surface area contributed by atoms with E-state index in [1.54, 1.807) is 0 Å². The number of fused-ring (bicyclic) bond motifs is 5. The Hall–Kier alpha value is -1.94. The number of anilines is 1. The Morgan fingerprint density at radius 3 is 2.00 bits per heavy atom. The molecule has 8 rings (SSSR count). The maximum Gasteiger partial charge on any atom is 0.238 e. The van der Waals surface area contributed by atoms with Gasteiger partial charge in [-0.25, -0.2) is 0 Å². The van der Waals surface area contributed by atoms with Crippen molar-refractivity contribution in [1.82, 2.24) is 0 Å². The van der Waals surface area contributed by atoms with E-state index in [1.165, 1.54) is 24.2 Å². The highest BCUT2D eigenvalue weighted by Gasteiger charge is 3.01. The lowest BCUT2D eigenvalue weighted by atomic mass is 9.65. The fourth-order valence-corrected chi connectivity index (χ4v) is 8.70. The highest BCUT2D eigenvalue weighted by molar-refractivity contribution is 6.23. The first-order valence-electron chi connectivity index (χ1n) is 9.98. The van der Waals surface area contributed by atoms with Gasteiger partial charge in [0.1, 0.15) is 11.2 Å². The minimum Gasteiger partial charge on any atom is -0.361 e. The summed E-state index contributed by atoms with van der Waals surface area (Å²) in [6.07, 6.45) is 8.24. The predicted molar refractivity (Wildman–Crippen MR) is 91.8 cm³/mol. The number of amides is 2. The van der Waals surface area contributed by atoms with Crippen LogP contribution in [0.2, 0.25) is 0 Å². The largest absolute Gasteiger partial charge is 0.361 e. The number of ether oxygens (including phenoxy) is 1. The summed E-state index contributed by atoms with van der Waals surface area (Å²) >= 11 is 0. The Morgan fingerprint density at radius 2 is 1.46 bits per heavy atom. The number of nitrogens with zero attached hydrogens (tertiary/aromatic N) is 1. The molecular formula is C22H19NO3. The molecule has 8 unspecified atom stereocenters. The molecule has 2 amide bonds. The third-order valence-electron chi connectivity index (χ3n) is 9.21. The number of carbonyl (C=O) groups is 2. The van der Waals surface area contributed by atoms with Crippen LogP contribution in [0.25, 0.3) is 0 Å². The molecule has 1 spiro atoms. The summed E-state index contributed by atoms with van der Waals surface area (Å²) in [5.41, 5.74) is 0.733. The predicted octanol–water partition coefficient (Wildman–Crippen LogP) is 2.55. The van der Waals surface area contributed by atoms with Gasteiger partial charge in [-0.1, -0.05) is 30.4 Å². The molecule has 5 aliphatic carbocycles. The molecule has 0 N–H and O–H groups in total. The van der Waals surface area contributed by atoms with E-state index in [0.717, 1.165) is 5.69 Å². The maximum absolute atomic E-state index is 13.5. The molecule has 6 fully saturated rings. The van der Waals surface area contributed by atoms with Crippen LogP contribution in [0.3, 0.4) is 0 Å². The van der Waals surface area contributed by atoms with Gasteiger partial charge < -0.3 is 4.74 Å². The van der Waals surface area contributed by atoms with Gasteiger partial charge in [0.25, 0.3) is 0 Å². The zero-order chi connectivity index (χ0) is 17.1. The molecule has 26 heavy (non-hydrogen) atoms. The van der Waals surface area contributed by atoms with Gasteiger partial charge in [-0.3, -0.25) is 14.5 Å². The summed E-state index contributed by atoms with van der Waals surface area (Å²) < 4.78 is 6.60. The van der Waals surface area contributed by atoms with Crippen molar-refractivity contribution < 1.29 is 14.3 Å². The second-order valence-corrected chi connectivity index (χ2v) is 9.61. The Morgan fingerprint density at radius 1 is 0.885 bits per heavy atom. The Bertz CT molecular complexity index is 913. The van der Waals surface area contributed by atoms with Crippen LogP contribution in [0.15, 0.2) is 42.5 Å². The monoisotopic (exact) mass is 345 g/mol. The van der Waals surface area contributed by atoms with Crippen LogP contribution in [0.1, 0.15) is 19.3 Å². The fourth-order valence-electron chi connectivity index (χ4n) is 8.70.